The van der Waals surface area contributed by atoms with E-state index in [0.29, 0.717) is 36.6 Å². The summed E-state index contributed by atoms with van der Waals surface area (Å²) >= 11 is 0. The summed E-state index contributed by atoms with van der Waals surface area (Å²) in [5, 5.41) is 0. The molecule has 1 saturated heterocycles. The predicted octanol–water partition coefficient (Wildman–Crippen LogP) is 3.61. The van der Waals surface area contributed by atoms with Crippen molar-refractivity contribution in [2.45, 2.75) is 33.2 Å². The Morgan fingerprint density at radius 2 is 1.84 bits per heavy atom. The van der Waals surface area contributed by atoms with Crippen LogP contribution in [0.5, 0.6) is 0 Å². The predicted molar refractivity (Wildman–Crippen MR) is 125 cm³/mol. The van der Waals surface area contributed by atoms with Crippen LogP contribution in [-0.4, -0.2) is 51.9 Å². The Bertz CT molecular complexity index is 1160. The maximum absolute atomic E-state index is 12.7. The quantitative estimate of drug-likeness (QED) is 0.703. The number of carbonyl (C=O) groups excluding carboxylic acids is 2. The Balaban J connectivity index is 1.78. The van der Waals surface area contributed by atoms with E-state index in [-0.39, 0.29) is 24.3 Å². The monoisotopic (exact) mass is 457 g/mol. The lowest BCUT2D eigenvalue weighted by Crippen LogP contribution is -2.51. The highest BCUT2D eigenvalue weighted by atomic mass is 32.2. The first-order valence-electron chi connectivity index (χ1n) is 10.7. The van der Waals surface area contributed by atoms with Gasteiger partial charge in [-0.3, -0.25) is 14.0 Å². The van der Waals surface area contributed by atoms with Crippen molar-refractivity contribution in [2.24, 2.45) is 0 Å². The molecule has 1 atom stereocenters. The SMILES string of the molecule is CCOC(=O)N1C[C@H](C)N(C(C)=O)c2ccc(-c3cccc(N4CCCS4(=O)=O)c3)cc21. The Morgan fingerprint density at radius 3 is 2.50 bits per heavy atom. The van der Waals surface area contributed by atoms with Crippen LogP contribution in [0.2, 0.25) is 0 Å². The number of hydrogen-bond acceptors (Lipinski definition) is 5. The van der Waals surface area contributed by atoms with E-state index in [1.165, 1.54) is 11.2 Å². The second-order valence-electron chi connectivity index (χ2n) is 8.04. The van der Waals surface area contributed by atoms with Gasteiger partial charge in [-0.2, -0.15) is 0 Å². The van der Waals surface area contributed by atoms with E-state index in [0.717, 1.165) is 11.1 Å². The lowest BCUT2D eigenvalue weighted by molar-refractivity contribution is -0.117. The molecule has 2 aliphatic rings. The number of rotatable bonds is 3. The molecule has 2 aromatic carbocycles. The van der Waals surface area contributed by atoms with Gasteiger partial charge in [-0.25, -0.2) is 13.2 Å². The van der Waals surface area contributed by atoms with Crippen molar-refractivity contribution in [1.29, 1.82) is 0 Å². The summed E-state index contributed by atoms with van der Waals surface area (Å²) in [6, 6.07) is 12.7. The van der Waals surface area contributed by atoms with E-state index < -0.39 is 16.1 Å². The lowest BCUT2D eigenvalue weighted by atomic mass is 10.0. The number of nitrogens with zero attached hydrogens (tertiary/aromatic N) is 3. The van der Waals surface area contributed by atoms with Gasteiger partial charge in [0, 0.05) is 20.0 Å². The van der Waals surface area contributed by atoms with Crippen molar-refractivity contribution in [3.05, 3.63) is 42.5 Å². The summed E-state index contributed by atoms with van der Waals surface area (Å²) in [5.74, 6) is 0.0557. The van der Waals surface area contributed by atoms with Crippen molar-refractivity contribution in [3.8, 4) is 11.1 Å². The molecule has 2 amide bonds. The van der Waals surface area contributed by atoms with E-state index in [1.807, 2.05) is 43.3 Å². The Morgan fingerprint density at radius 1 is 1.09 bits per heavy atom. The fourth-order valence-corrected chi connectivity index (χ4v) is 5.99. The molecule has 0 N–H and O–H groups in total. The zero-order chi connectivity index (χ0) is 23.0. The van der Waals surface area contributed by atoms with Gasteiger partial charge in [0.25, 0.3) is 0 Å². The third-order valence-electron chi connectivity index (χ3n) is 5.81. The number of sulfonamides is 1. The number of amides is 2. The number of carbonyl (C=O) groups is 2. The number of ether oxygens (including phenoxy) is 1. The first-order chi connectivity index (χ1) is 15.2. The van der Waals surface area contributed by atoms with Crippen molar-refractivity contribution in [1.82, 2.24) is 0 Å². The van der Waals surface area contributed by atoms with E-state index in [4.69, 9.17) is 4.74 Å². The van der Waals surface area contributed by atoms with Gasteiger partial charge in [0.1, 0.15) is 0 Å². The second-order valence-corrected chi connectivity index (χ2v) is 10.1. The number of fused-ring (bicyclic) bond motifs is 1. The third kappa shape index (κ3) is 3.92. The zero-order valence-corrected chi connectivity index (χ0v) is 19.3. The third-order valence-corrected chi connectivity index (χ3v) is 7.68. The average Bonchev–Trinajstić information content (AvgIpc) is 3.11. The molecule has 0 radical (unpaired) electrons. The van der Waals surface area contributed by atoms with Gasteiger partial charge in [-0.05, 0) is 55.7 Å². The van der Waals surface area contributed by atoms with Crippen LogP contribution < -0.4 is 14.1 Å². The van der Waals surface area contributed by atoms with Gasteiger partial charge >= 0.3 is 6.09 Å². The zero-order valence-electron chi connectivity index (χ0n) is 18.4. The highest BCUT2D eigenvalue weighted by Crippen LogP contribution is 2.40. The van der Waals surface area contributed by atoms with Crippen LogP contribution >= 0.6 is 0 Å². The molecule has 8 nitrogen and oxygen atoms in total. The number of hydrogen-bond donors (Lipinski definition) is 0. The van der Waals surface area contributed by atoms with Crippen LogP contribution in [0.4, 0.5) is 21.9 Å². The average molecular weight is 458 g/mol. The Hall–Kier alpha value is -3.07. The molecule has 0 saturated carbocycles. The normalized spacial score (nSPS) is 19.6. The van der Waals surface area contributed by atoms with Gasteiger partial charge < -0.3 is 9.64 Å². The largest absolute Gasteiger partial charge is 0.449 e. The van der Waals surface area contributed by atoms with Crippen LogP contribution in [0.15, 0.2) is 42.5 Å². The van der Waals surface area contributed by atoms with Crippen LogP contribution in [0.1, 0.15) is 27.2 Å². The topological polar surface area (TPSA) is 87.2 Å². The maximum Gasteiger partial charge on any atom is 0.414 e. The van der Waals surface area contributed by atoms with Gasteiger partial charge in [0.05, 0.1) is 35.5 Å². The summed E-state index contributed by atoms with van der Waals surface area (Å²) in [6.45, 7) is 6.20. The number of benzene rings is 2. The first-order valence-corrected chi connectivity index (χ1v) is 12.3. The second kappa shape index (κ2) is 8.46. The summed E-state index contributed by atoms with van der Waals surface area (Å²) in [6.07, 6.45) is 0.150. The first kappa shape index (κ1) is 22.1. The molecule has 0 aromatic heterocycles. The fourth-order valence-electron chi connectivity index (χ4n) is 4.43. The van der Waals surface area contributed by atoms with E-state index in [9.17, 15) is 18.0 Å². The van der Waals surface area contributed by atoms with E-state index >= 15 is 0 Å². The minimum atomic E-state index is -3.28. The molecule has 0 unspecified atom stereocenters. The summed E-state index contributed by atoms with van der Waals surface area (Å²) in [7, 11) is -3.28. The Labute approximate surface area is 188 Å². The summed E-state index contributed by atoms with van der Waals surface area (Å²) < 4.78 is 31.4. The van der Waals surface area contributed by atoms with Crippen LogP contribution in [0.3, 0.4) is 0 Å². The van der Waals surface area contributed by atoms with Gasteiger partial charge in [0.15, 0.2) is 0 Å². The van der Waals surface area contributed by atoms with Crippen LogP contribution in [0, 0.1) is 0 Å². The highest BCUT2D eigenvalue weighted by Gasteiger charge is 2.34. The molecule has 2 aromatic rings. The Kier molecular flexibility index (Phi) is 5.85. The molecule has 0 bridgehead atoms. The van der Waals surface area contributed by atoms with Crippen LogP contribution in [0.25, 0.3) is 11.1 Å². The standard InChI is InChI=1S/C23H27N3O5S/c1-4-31-23(28)24-15-16(2)26(17(3)27)21-10-9-19(14-22(21)24)18-7-5-8-20(13-18)25-11-6-12-32(25,29)30/h5,7-10,13-14,16H,4,6,11-12,15H2,1-3H3/t16-/m0/s1. The lowest BCUT2D eigenvalue weighted by Gasteiger charge is -2.40. The molecular formula is C23H27N3O5S. The van der Waals surface area contributed by atoms with Gasteiger partial charge in [-0.15, -0.1) is 0 Å². The fraction of sp³-hybridized carbons (Fsp3) is 0.391. The number of anilines is 3. The maximum atomic E-state index is 12.7. The minimum absolute atomic E-state index is 0.101. The van der Waals surface area contributed by atoms with Crippen molar-refractivity contribution >= 4 is 39.1 Å². The van der Waals surface area contributed by atoms with Crippen molar-refractivity contribution in [3.63, 3.8) is 0 Å². The van der Waals surface area contributed by atoms with Gasteiger partial charge in [0.2, 0.25) is 15.9 Å². The van der Waals surface area contributed by atoms with Gasteiger partial charge in [-0.1, -0.05) is 18.2 Å². The molecule has 1 fully saturated rings. The smallest absolute Gasteiger partial charge is 0.414 e. The van der Waals surface area contributed by atoms with E-state index in [2.05, 4.69) is 0 Å². The molecule has 2 aliphatic heterocycles. The summed E-state index contributed by atoms with van der Waals surface area (Å²) in [5.41, 5.74) is 3.50. The molecule has 170 valence electrons. The minimum Gasteiger partial charge on any atom is -0.449 e. The molecule has 32 heavy (non-hydrogen) atoms. The van der Waals surface area contributed by atoms with Crippen LogP contribution in [-0.2, 0) is 19.6 Å². The molecule has 9 heteroatoms. The highest BCUT2D eigenvalue weighted by molar-refractivity contribution is 7.93. The van der Waals surface area contributed by atoms with Crippen molar-refractivity contribution < 1.29 is 22.7 Å². The molecule has 0 aliphatic carbocycles. The molecule has 0 spiro atoms. The van der Waals surface area contributed by atoms with E-state index in [1.54, 1.807) is 22.8 Å². The molecular weight excluding hydrogens is 430 g/mol. The summed E-state index contributed by atoms with van der Waals surface area (Å²) in [4.78, 5) is 28.2. The molecule has 4 rings (SSSR count). The molecule has 2 heterocycles. The van der Waals surface area contributed by atoms with Crippen molar-refractivity contribution in [2.75, 3.05) is 39.6 Å².